The number of carbonyl (C=O) groups excluding carboxylic acids is 2. The summed E-state index contributed by atoms with van der Waals surface area (Å²) >= 11 is 0. The number of ether oxygens (including phenoxy) is 2. The van der Waals surface area contributed by atoms with Crippen molar-refractivity contribution in [3.05, 3.63) is 54.2 Å². The average molecular weight is 441 g/mol. The molecule has 0 fully saturated rings. The summed E-state index contributed by atoms with van der Waals surface area (Å²) in [6, 6.07) is 6.74. The van der Waals surface area contributed by atoms with Gasteiger partial charge in [-0.2, -0.15) is 5.10 Å². The molecule has 0 aliphatic carbocycles. The second kappa shape index (κ2) is 9.54. The van der Waals surface area contributed by atoms with Crippen molar-refractivity contribution in [3.8, 4) is 11.3 Å². The first-order valence-electron chi connectivity index (χ1n) is 10.1. The lowest BCUT2D eigenvalue weighted by Crippen LogP contribution is -2.36. The van der Waals surface area contributed by atoms with Crippen molar-refractivity contribution >= 4 is 17.9 Å². The van der Waals surface area contributed by atoms with Gasteiger partial charge < -0.3 is 19.8 Å². The predicted octanol–water partition coefficient (Wildman–Crippen LogP) is 3.80. The second-order valence-corrected chi connectivity index (χ2v) is 8.29. The molecule has 3 rings (SSSR count). The SMILES string of the molecule is COC(=O)Nc1ccc(-c2c[nH]c(C(Cc3cnn(C)c3)NC(=O)OC(C)(C)C)n2)cc1. The first-order chi connectivity index (χ1) is 15.1. The van der Waals surface area contributed by atoms with Crippen LogP contribution in [0.2, 0.25) is 0 Å². The van der Waals surface area contributed by atoms with E-state index in [0.717, 1.165) is 11.1 Å². The van der Waals surface area contributed by atoms with Crippen LogP contribution in [0.15, 0.2) is 42.9 Å². The molecule has 0 spiro atoms. The number of hydrogen-bond acceptors (Lipinski definition) is 6. The number of nitrogens with zero attached hydrogens (tertiary/aromatic N) is 3. The molecule has 0 aliphatic heterocycles. The second-order valence-electron chi connectivity index (χ2n) is 8.29. The van der Waals surface area contributed by atoms with Gasteiger partial charge >= 0.3 is 12.2 Å². The number of aromatic amines is 1. The molecule has 2 amide bonds. The van der Waals surface area contributed by atoms with E-state index in [-0.39, 0.29) is 0 Å². The van der Waals surface area contributed by atoms with Gasteiger partial charge in [-0.25, -0.2) is 14.6 Å². The van der Waals surface area contributed by atoms with E-state index >= 15 is 0 Å². The Morgan fingerprint density at radius 2 is 1.91 bits per heavy atom. The Bertz CT molecular complexity index is 1060. The monoisotopic (exact) mass is 440 g/mol. The molecule has 0 aliphatic rings. The van der Waals surface area contributed by atoms with Gasteiger partial charge in [-0.3, -0.25) is 10.00 Å². The van der Waals surface area contributed by atoms with Crippen molar-refractivity contribution < 1.29 is 19.1 Å². The van der Waals surface area contributed by atoms with Gasteiger partial charge in [-0.05, 0) is 38.5 Å². The van der Waals surface area contributed by atoms with E-state index in [1.165, 1.54) is 7.11 Å². The number of carbonyl (C=O) groups is 2. The van der Waals surface area contributed by atoms with Crippen molar-refractivity contribution in [1.82, 2.24) is 25.1 Å². The molecule has 0 bridgehead atoms. The predicted molar refractivity (Wildman–Crippen MR) is 119 cm³/mol. The topological polar surface area (TPSA) is 123 Å². The number of H-pyrrole nitrogens is 1. The number of aryl methyl sites for hydroxylation is 1. The highest BCUT2D eigenvalue weighted by atomic mass is 16.6. The molecule has 0 saturated heterocycles. The van der Waals surface area contributed by atoms with Crippen LogP contribution in [-0.2, 0) is 22.9 Å². The van der Waals surface area contributed by atoms with Crippen molar-refractivity contribution in [2.24, 2.45) is 7.05 Å². The molecule has 10 nitrogen and oxygen atoms in total. The van der Waals surface area contributed by atoms with Crippen LogP contribution in [0.1, 0.15) is 38.2 Å². The maximum Gasteiger partial charge on any atom is 0.411 e. The highest BCUT2D eigenvalue weighted by Gasteiger charge is 2.23. The Morgan fingerprint density at radius 3 is 2.50 bits per heavy atom. The van der Waals surface area contributed by atoms with Crippen LogP contribution in [0.3, 0.4) is 0 Å². The van der Waals surface area contributed by atoms with Gasteiger partial charge in [0.1, 0.15) is 11.4 Å². The van der Waals surface area contributed by atoms with Crippen LogP contribution in [0.4, 0.5) is 15.3 Å². The van der Waals surface area contributed by atoms with Gasteiger partial charge in [0.15, 0.2) is 0 Å². The minimum atomic E-state index is -0.614. The summed E-state index contributed by atoms with van der Waals surface area (Å²) in [7, 11) is 3.14. The van der Waals surface area contributed by atoms with Crippen LogP contribution in [-0.4, -0.2) is 44.6 Å². The minimum Gasteiger partial charge on any atom is -0.453 e. The summed E-state index contributed by atoms with van der Waals surface area (Å²) < 4.78 is 11.7. The first kappa shape index (κ1) is 22.9. The molecule has 1 aromatic carbocycles. The van der Waals surface area contributed by atoms with Gasteiger partial charge in [0.25, 0.3) is 0 Å². The van der Waals surface area contributed by atoms with Gasteiger partial charge in [0.05, 0.1) is 25.0 Å². The highest BCUT2D eigenvalue weighted by Crippen LogP contribution is 2.23. The van der Waals surface area contributed by atoms with E-state index in [4.69, 9.17) is 4.74 Å². The lowest BCUT2D eigenvalue weighted by molar-refractivity contribution is 0.0501. The van der Waals surface area contributed by atoms with E-state index in [0.29, 0.717) is 23.6 Å². The number of nitrogens with one attached hydrogen (secondary N) is 3. The Balaban J connectivity index is 1.79. The molecular weight excluding hydrogens is 412 g/mol. The number of benzene rings is 1. The van der Waals surface area contributed by atoms with Crippen molar-refractivity contribution in [1.29, 1.82) is 0 Å². The minimum absolute atomic E-state index is 0.442. The maximum absolute atomic E-state index is 12.4. The first-order valence-corrected chi connectivity index (χ1v) is 10.1. The van der Waals surface area contributed by atoms with Gasteiger partial charge in [0, 0.05) is 37.1 Å². The van der Waals surface area contributed by atoms with E-state index in [1.807, 2.05) is 46.1 Å². The number of anilines is 1. The van der Waals surface area contributed by atoms with E-state index < -0.39 is 23.8 Å². The lowest BCUT2D eigenvalue weighted by Gasteiger charge is -2.22. The van der Waals surface area contributed by atoms with Gasteiger partial charge in [-0.15, -0.1) is 0 Å². The molecule has 1 atom stereocenters. The number of methoxy groups -OCH3 is 1. The summed E-state index contributed by atoms with van der Waals surface area (Å²) in [4.78, 5) is 31.6. The van der Waals surface area contributed by atoms with Gasteiger partial charge in [-0.1, -0.05) is 12.1 Å². The molecule has 170 valence electrons. The smallest absolute Gasteiger partial charge is 0.411 e. The van der Waals surface area contributed by atoms with Crippen molar-refractivity contribution in [3.63, 3.8) is 0 Å². The van der Waals surface area contributed by atoms with Gasteiger partial charge in [0.2, 0.25) is 0 Å². The summed E-state index contributed by atoms with van der Waals surface area (Å²) in [6.45, 7) is 5.44. The molecule has 3 N–H and O–H groups in total. The van der Waals surface area contributed by atoms with Crippen LogP contribution in [0.5, 0.6) is 0 Å². The summed E-state index contributed by atoms with van der Waals surface area (Å²) in [5, 5.41) is 9.69. The molecule has 1 unspecified atom stereocenters. The van der Waals surface area contributed by atoms with E-state index in [2.05, 4.69) is 30.4 Å². The van der Waals surface area contributed by atoms with Crippen LogP contribution in [0.25, 0.3) is 11.3 Å². The summed E-state index contributed by atoms with van der Waals surface area (Å²) in [5.74, 6) is 0.589. The zero-order valence-electron chi connectivity index (χ0n) is 18.8. The fourth-order valence-electron chi connectivity index (χ4n) is 3.04. The fraction of sp³-hybridized carbons (Fsp3) is 0.364. The van der Waals surface area contributed by atoms with E-state index in [1.54, 1.807) is 29.2 Å². The number of amides is 2. The van der Waals surface area contributed by atoms with Crippen LogP contribution >= 0.6 is 0 Å². The zero-order valence-corrected chi connectivity index (χ0v) is 18.8. The third kappa shape index (κ3) is 6.34. The third-order valence-corrected chi connectivity index (χ3v) is 4.43. The number of hydrogen-bond donors (Lipinski definition) is 3. The molecular formula is C22H28N6O4. The zero-order chi connectivity index (χ0) is 23.3. The molecule has 0 radical (unpaired) electrons. The van der Waals surface area contributed by atoms with Crippen LogP contribution in [0, 0.1) is 0 Å². The van der Waals surface area contributed by atoms with E-state index in [9.17, 15) is 9.59 Å². The Kier molecular flexibility index (Phi) is 6.82. The standard InChI is InChI=1S/C22H28N6O4/c1-22(2,3)32-21(30)27-17(10-14-11-24-28(4)13-14)19-23-12-18(26-19)15-6-8-16(9-7-15)25-20(29)31-5/h6-9,11-13,17H,10H2,1-5H3,(H,23,26)(H,25,29)(H,27,30). The molecule has 3 aromatic rings. The molecule has 2 heterocycles. The number of alkyl carbamates (subject to hydrolysis) is 1. The number of imidazole rings is 1. The maximum atomic E-state index is 12.4. The quantitative estimate of drug-likeness (QED) is 0.536. The summed E-state index contributed by atoms with van der Waals surface area (Å²) in [6.07, 6.45) is 4.84. The lowest BCUT2D eigenvalue weighted by atomic mass is 10.1. The Labute approximate surface area is 186 Å². The van der Waals surface area contributed by atoms with Crippen molar-refractivity contribution in [2.75, 3.05) is 12.4 Å². The highest BCUT2D eigenvalue weighted by molar-refractivity contribution is 5.84. The van der Waals surface area contributed by atoms with Crippen LogP contribution < -0.4 is 10.6 Å². The fourth-order valence-corrected chi connectivity index (χ4v) is 3.04. The third-order valence-electron chi connectivity index (χ3n) is 4.43. The number of aromatic nitrogens is 4. The largest absolute Gasteiger partial charge is 0.453 e. The molecule has 32 heavy (non-hydrogen) atoms. The Morgan fingerprint density at radius 1 is 1.19 bits per heavy atom. The summed E-state index contributed by atoms with van der Waals surface area (Å²) in [5.41, 5.74) is 2.49. The average Bonchev–Trinajstić information content (AvgIpc) is 3.36. The normalized spacial score (nSPS) is 12.2. The molecule has 10 heteroatoms. The van der Waals surface area contributed by atoms with Crippen molar-refractivity contribution in [2.45, 2.75) is 38.8 Å². The molecule has 2 aromatic heterocycles. The number of rotatable bonds is 6. The Hall–Kier alpha value is -3.82. The molecule has 0 saturated carbocycles.